The van der Waals surface area contributed by atoms with Crippen LogP contribution in [0, 0.1) is 6.92 Å². The van der Waals surface area contributed by atoms with Crippen LogP contribution >= 0.6 is 0 Å². The lowest BCUT2D eigenvalue weighted by Gasteiger charge is -2.32. The standard InChI is InChI=1S/C61H58N2.C2H6/c1-8-11-12-13-16-29-50-41-51(40-49-27-17-14-18-28-49)43-56(42-50)62-47(6)37-38-53(39-46(5)58-34-21-22-36-61(58)62)45(4)26-23-35-59-48(7)63(60(25-9-2)57(59)10-3)55-33-24-32-54(44-55)52-30-19-15-20-31-52;1-2/h8-39,41-44,47H,3,5,40H2,1-2,4,6-7H3;1-2H3/b11-8-,13-12-,25-9-,29-16+,35-23-,38-37-,45-26+,53-39+;. The van der Waals surface area contributed by atoms with E-state index in [9.17, 15) is 0 Å². The van der Waals surface area contributed by atoms with Crippen LogP contribution in [0.15, 0.2) is 219 Å². The second kappa shape index (κ2) is 23.3. The number of hydrogen-bond acceptors (Lipinski definition) is 1. The molecule has 0 spiro atoms. The second-order valence-corrected chi connectivity index (χ2v) is 15.9. The molecule has 0 aliphatic carbocycles. The van der Waals surface area contributed by atoms with Gasteiger partial charge in [0.1, 0.15) is 0 Å². The Morgan fingerprint density at radius 2 is 1.37 bits per heavy atom. The number of benzene rings is 5. The fraction of sp³-hybridized carbons (Fsp3) is 0.143. The van der Waals surface area contributed by atoms with Crippen LogP contribution in [-0.2, 0) is 6.42 Å². The maximum absolute atomic E-state index is 4.66. The molecule has 7 rings (SSSR count). The maximum Gasteiger partial charge on any atom is 0.0534 e. The molecule has 0 saturated carbocycles. The van der Waals surface area contributed by atoms with Crippen LogP contribution in [0.5, 0.6) is 0 Å². The largest absolute Gasteiger partial charge is 0.334 e. The molecule has 2 heteroatoms. The highest BCUT2D eigenvalue weighted by Gasteiger charge is 2.22. The first-order valence-electron chi connectivity index (χ1n) is 22.9. The minimum atomic E-state index is 0.0326. The Morgan fingerprint density at radius 1 is 0.662 bits per heavy atom. The van der Waals surface area contributed by atoms with Crippen LogP contribution in [0.25, 0.3) is 46.7 Å². The van der Waals surface area contributed by atoms with Gasteiger partial charge < -0.3 is 9.47 Å². The molecule has 0 amide bonds. The molecule has 6 aromatic rings. The van der Waals surface area contributed by atoms with E-state index in [0.29, 0.717) is 0 Å². The Hall–Kier alpha value is -7.42. The summed E-state index contributed by atoms with van der Waals surface area (Å²) in [6.45, 7) is 23.7. The highest BCUT2D eigenvalue weighted by Crippen LogP contribution is 2.38. The van der Waals surface area contributed by atoms with E-state index < -0.39 is 0 Å². The molecule has 2 heterocycles. The van der Waals surface area contributed by atoms with E-state index in [1.165, 1.54) is 22.3 Å². The van der Waals surface area contributed by atoms with Gasteiger partial charge in [0.15, 0.2) is 0 Å². The van der Waals surface area contributed by atoms with Crippen LogP contribution in [0.3, 0.4) is 0 Å². The van der Waals surface area contributed by atoms with Gasteiger partial charge in [0.25, 0.3) is 0 Å². The molecule has 0 fully saturated rings. The second-order valence-electron chi connectivity index (χ2n) is 15.9. The Kier molecular flexibility index (Phi) is 16.9. The molecule has 326 valence electrons. The van der Waals surface area contributed by atoms with Crippen molar-refractivity contribution in [3.63, 3.8) is 0 Å². The Bertz CT molecular complexity index is 2830. The van der Waals surface area contributed by atoms with Crippen molar-refractivity contribution in [1.82, 2.24) is 4.57 Å². The Labute approximate surface area is 390 Å². The molecule has 0 saturated heterocycles. The average molecular weight is 849 g/mol. The van der Waals surface area contributed by atoms with Gasteiger partial charge in [0, 0.05) is 45.5 Å². The predicted octanol–water partition coefficient (Wildman–Crippen LogP) is 17.6. The van der Waals surface area contributed by atoms with Crippen molar-refractivity contribution in [2.75, 3.05) is 4.90 Å². The first-order chi connectivity index (χ1) is 31.8. The van der Waals surface area contributed by atoms with E-state index >= 15 is 0 Å². The van der Waals surface area contributed by atoms with Gasteiger partial charge in [-0.3, -0.25) is 0 Å². The zero-order valence-electron chi connectivity index (χ0n) is 39.4. The van der Waals surface area contributed by atoms with Crippen LogP contribution in [0.4, 0.5) is 11.4 Å². The van der Waals surface area contributed by atoms with E-state index in [4.69, 9.17) is 0 Å². The minimum Gasteiger partial charge on any atom is -0.334 e. The fourth-order valence-corrected chi connectivity index (χ4v) is 8.39. The monoisotopic (exact) mass is 849 g/mol. The summed E-state index contributed by atoms with van der Waals surface area (Å²) in [6, 6.07) is 45.7. The van der Waals surface area contributed by atoms with Gasteiger partial charge in [-0.05, 0) is 128 Å². The molecule has 1 aliphatic heterocycles. The zero-order valence-corrected chi connectivity index (χ0v) is 39.4. The van der Waals surface area contributed by atoms with Crippen LogP contribution < -0.4 is 4.90 Å². The summed E-state index contributed by atoms with van der Waals surface area (Å²) in [7, 11) is 0. The molecule has 1 aromatic heterocycles. The highest BCUT2D eigenvalue weighted by molar-refractivity contribution is 5.86. The number of rotatable bonds is 13. The lowest BCUT2D eigenvalue weighted by Crippen LogP contribution is -2.27. The van der Waals surface area contributed by atoms with Gasteiger partial charge in [-0.2, -0.15) is 0 Å². The topological polar surface area (TPSA) is 8.17 Å². The molecule has 0 N–H and O–H groups in total. The van der Waals surface area contributed by atoms with Crippen molar-refractivity contribution < 1.29 is 0 Å². The number of hydrogen-bond donors (Lipinski definition) is 0. The summed E-state index contributed by atoms with van der Waals surface area (Å²) in [6.07, 6.45) is 33.0. The van der Waals surface area contributed by atoms with E-state index in [1.54, 1.807) is 0 Å². The van der Waals surface area contributed by atoms with Crippen LogP contribution in [0.1, 0.15) is 86.3 Å². The Balaban J connectivity index is 0.00000345. The third kappa shape index (κ3) is 11.6. The van der Waals surface area contributed by atoms with Gasteiger partial charge in [0.05, 0.1) is 5.69 Å². The van der Waals surface area contributed by atoms with Crippen molar-refractivity contribution >= 4 is 41.3 Å². The Morgan fingerprint density at radius 3 is 2.11 bits per heavy atom. The first kappa shape index (κ1) is 47.1. The summed E-state index contributed by atoms with van der Waals surface area (Å²) in [5.74, 6) is 0. The van der Waals surface area contributed by atoms with Crippen molar-refractivity contribution in [3.8, 4) is 16.8 Å². The lowest BCUT2D eigenvalue weighted by molar-refractivity contribution is 0.861. The molecular weight excluding hydrogens is 785 g/mol. The van der Waals surface area contributed by atoms with Crippen LogP contribution in [0.2, 0.25) is 0 Å². The van der Waals surface area contributed by atoms with E-state index in [-0.39, 0.29) is 6.04 Å². The molecule has 1 unspecified atom stereocenters. The maximum atomic E-state index is 4.66. The van der Waals surface area contributed by atoms with Gasteiger partial charge in [0.2, 0.25) is 0 Å². The SMILES string of the molecule is C=Cc1c(\C=C/C=C(C)/C2=C/C(=C)c3ccccc3N(c3cc(/C=C/C=C\C=C/C)cc(Cc4ccccc4)c3)C(C)/C=C\2)c(C)n(-c2cccc(-c3ccccc3)c2)c1/C=C\C.CC. The predicted molar refractivity (Wildman–Crippen MR) is 288 cm³/mol. The zero-order chi connectivity index (χ0) is 46.1. The average Bonchev–Trinajstić information content (AvgIpc) is 3.62. The quantitative estimate of drug-likeness (QED) is 0.105. The van der Waals surface area contributed by atoms with E-state index in [2.05, 4.69) is 251 Å². The third-order valence-electron chi connectivity index (χ3n) is 11.5. The molecule has 2 nitrogen and oxygen atoms in total. The molecule has 65 heavy (non-hydrogen) atoms. The van der Waals surface area contributed by atoms with Gasteiger partial charge in [-0.1, -0.05) is 203 Å². The number of para-hydroxylation sites is 1. The minimum absolute atomic E-state index is 0.0326. The van der Waals surface area contributed by atoms with Gasteiger partial charge >= 0.3 is 0 Å². The summed E-state index contributed by atoms with van der Waals surface area (Å²) < 4.78 is 2.34. The third-order valence-corrected chi connectivity index (χ3v) is 11.5. The van der Waals surface area contributed by atoms with Gasteiger partial charge in [-0.25, -0.2) is 0 Å². The molecular formula is C63H64N2. The van der Waals surface area contributed by atoms with Crippen LogP contribution in [-0.4, -0.2) is 10.6 Å². The smallest absolute Gasteiger partial charge is 0.0534 e. The van der Waals surface area contributed by atoms with Crippen molar-refractivity contribution in [1.29, 1.82) is 0 Å². The number of fused-ring (bicyclic) bond motifs is 1. The first-order valence-corrected chi connectivity index (χ1v) is 22.9. The number of allylic oxidation sites excluding steroid dienone is 13. The summed E-state index contributed by atoms with van der Waals surface area (Å²) in [4.78, 5) is 2.45. The van der Waals surface area contributed by atoms with Crippen molar-refractivity contribution in [3.05, 3.63) is 263 Å². The van der Waals surface area contributed by atoms with Crippen molar-refractivity contribution in [2.45, 2.75) is 60.9 Å². The number of nitrogens with zero attached hydrogens (tertiary/aromatic N) is 2. The highest BCUT2D eigenvalue weighted by atomic mass is 15.2. The summed E-state index contributed by atoms with van der Waals surface area (Å²) in [5.41, 5.74) is 18.3. The molecule has 5 aromatic carbocycles. The molecule has 0 radical (unpaired) electrons. The molecule has 1 aliphatic rings. The molecule has 1 atom stereocenters. The number of aromatic nitrogens is 1. The molecule has 0 bridgehead atoms. The fourth-order valence-electron chi connectivity index (χ4n) is 8.39. The van der Waals surface area contributed by atoms with E-state index in [1.807, 2.05) is 39.0 Å². The lowest BCUT2D eigenvalue weighted by atomic mass is 9.98. The van der Waals surface area contributed by atoms with E-state index in [0.717, 1.165) is 73.8 Å². The normalized spacial score (nSPS) is 15.8. The van der Waals surface area contributed by atoms with Crippen molar-refractivity contribution in [2.24, 2.45) is 0 Å². The summed E-state index contributed by atoms with van der Waals surface area (Å²) in [5, 5.41) is 0. The van der Waals surface area contributed by atoms with Gasteiger partial charge in [-0.15, -0.1) is 0 Å². The summed E-state index contributed by atoms with van der Waals surface area (Å²) >= 11 is 0. The number of anilines is 2.